The predicted octanol–water partition coefficient (Wildman–Crippen LogP) is 4.19. The van der Waals surface area contributed by atoms with Crippen molar-refractivity contribution in [3.8, 4) is 0 Å². The SMILES string of the molecule is O=C1C=C(NC2CC3CCC2CC3)CC(c2ccccc2)C1. The fourth-order valence-corrected chi connectivity index (χ4v) is 4.75. The maximum atomic E-state index is 12.1. The number of rotatable bonds is 3. The fourth-order valence-electron chi connectivity index (χ4n) is 4.75. The third-order valence-electron chi connectivity index (χ3n) is 5.94. The molecule has 1 aromatic rings. The normalized spacial score (nSPS) is 34.4. The number of nitrogens with one attached hydrogen (secondary N) is 1. The molecule has 2 nitrogen and oxygen atoms in total. The Morgan fingerprint density at radius 1 is 0.955 bits per heavy atom. The highest BCUT2D eigenvalue weighted by Crippen LogP contribution is 2.42. The number of hydrogen-bond acceptors (Lipinski definition) is 2. The smallest absolute Gasteiger partial charge is 0.158 e. The van der Waals surface area contributed by atoms with Gasteiger partial charge in [-0.3, -0.25) is 4.79 Å². The summed E-state index contributed by atoms with van der Waals surface area (Å²) in [5, 5.41) is 3.76. The first-order valence-corrected chi connectivity index (χ1v) is 8.83. The second-order valence-corrected chi connectivity index (χ2v) is 7.42. The van der Waals surface area contributed by atoms with Gasteiger partial charge in [-0.05, 0) is 49.0 Å². The molecular formula is C20H25NO. The lowest BCUT2D eigenvalue weighted by Crippen LogP contribution is -2.44. The van der Waals surface area contributed by atoms with E-state index in [1.807, 2.05) is 12.1 Å². The summed E-state index contributed by atoms with van der Waals surface area (Å²) in [4.78, 5) is 12.1. The standard InChI is InChI=1S/C20H25NO/c22-19-12-17(15-4-2-1-3-5-15)11-18(13-19)21-20-10-14-6-8-16(20)9-7-14/h1-5,13-14,16-17,20-21H,6-12H2. The molecule has 0 radical (unpaired) electrons. The Morgan fingerprint density at radius 3 is 2.41 bits per heavy atom. The minimum atomic E-state index is 0.281. The first kappa shape index (κ1) is 14.0. The summed E-state index contributed by atoms with van der Waals surface area (Å²) in [7, 11) is 0. The molecule has 1 aromatic carbocycles. The lowest BCUT2D eigenvalue weighted by Gasteiger charge is -2.44. The van der Waals surface area contributed by atoms with Gasteiger partial charge in [0, 0.05) is 24.2 Å². The molecule has 4 aliphatic carbocycles. The van der Waals surface area contributed by atoms with Crippen LogP contribution in [0.5, 0.6) is 0 Å². The van der Waals surface area contributed by atoms with Gasteiger partial charge in [0.1, 0.15) is 0 Å². The molecule has 4 aliphatic rings. The van der Waals surface area contributed by atoms with Gasteiger partial charge in [0.05, 0.1) is 0 Å². The van der Waals surface area contributed by atoms with Gasteiger partial charge < -0.3 is 5.32 Å². The maximum absolute atomic E-state index is 12.1. The molecule has 2 atom stereocenters. The number of hydrogen-bond donors (Lipinski definition) is 1. The van der Waals surface area contributed by atoms with Crippen LogP contribution in [0.4, 0.5) is 0 Å². The minimum Gasteiger partial charge on any atom is -0.385 e. The van der Waals surface area contributed by atoms with Crippen LogP contribution in [0, 0.1) is 11.8 Å². The molecule has 2 unspecified atom stereocenters. The Bertz CT molecular complexity index is 569. The molecule has 2 bridgehead atoms. The molecule has 3 saturated carbocycles. The van der Waals surface area contributed by atoms with Gasteiger partial charge in [0.15, 0.2) is 5.78 Å². The Kier molecular flexibility index (Phi) is 3.77. The fraction of sp³-hybridized carbons (Fsp3) is 0.550. The third-order valence-corrected chi connectivity index (χ3v) is 5.94. The van der Waals surface area contributed by atoms with E-state index in [1.165, 1.54) is 43.4 Å². The van der Waals surface area contributed by atoms with Crippen LogP contribution in [-0.2, 0) is 4.79 Å². The highest BCUT2D eigenvalue weighted by atomic mass is 16.1. The van der Waals surface area contributed by atoms with E-state index in [1.54, 1.807) is 0 Å². The van der Waals surface area contributed by atoms with Gasteiger partial charge in [0.25, 0.3) is 0 Å². The molecule has 0 heterocycles. The van der Waals surface area contributed by atoms with Crippen molar-refractivity contribution in [3.63, 3.8) is 0 Å². The quantitative estimate of drug-likeness (QED) is 0.906. The lowest BCUT2D eigenvalue weighted by molar-refractivity contribution is -0.115. The highest BCUT2D eigenvalue weighted by molar-refractivity contribution is 5.92. The Balaban J connectivity index is 1.46. The van der Waals surface area contributed by atoms with E-state index in [4.69, 9.17) is 0 Å². The maximum Gasteiger partial charge on any atom is 0.158 e. The summed E-state index contributed by atoms with van der Waals surface area (Å²) >= 11 is 0. The zero-order valence-corrected chi connectivity index (χ0v) is 13.1. The topological polar surface area (TPSA) is 29.1 Å². The molecule has 3 fully saturated rings. The van der Waals surface area contributed by atoms with E-state index >= 15 is 0 Å². The van der Waals surface area contributed by atoms with Crippen LogP contribution < -0.4 is 5.32 Å². The van der Waals surface area contributed by atoms with Crippen molar-refractivity contribution in [2.45, 2.75) is 56.9 Å². The van der Waals surface area contributed by atoms with Crippen LogP contribution in [-0.4, -0.2) is 11.8 Å². The number of carbonyl (C=O) groups is 1. The first-order chi connectivity index (χ1) is 10.8. The van der Waals surface area contributed by atoms with Crippen molar-refractivity contribution in [2.75, 3.05) is 0 Å². The molecule has 0 saturated heterocycles. The number of ketones is 1. The van der Waals surface area contributed by atoms with Gasteiger partial charge in [-0.25, -0.2) is 0 Å². The third kappa shape index (κ3) is 2.84. The summed E-state index contributed by atoms with van der Waals surface area (Å²) < 4.78 is 0. The van der Waals surface area contributed by atoms with Gasteiger partial charge in [0.2, 0.25) is 0 Å². The minimum absolute atomic E-state index is 0.281. The van der Waals surface area contributed by atoms with E-state index in [2.05, 4.69) is 29.6 Å². The van der Waals surface area contributed by atoms with Crippen molar-refractivity contribution in [3.05, 3.63) is 47.7 Å². The Labute approximate surface area is 133 Å². The second-order valence-electron chi connectivity index (χ2n) is 7.42. The highest BCUT2D eigenvalue weighted by Gasteiger charge is 2.36. The monoisotopic (exact) mass is 295 g/mol. The van der Waals surface area contributed by atoms with Gasteiger partial charge >= 0.3 is 0 Å². The van der Waals surface area contributed by atoms with Crippen LogP contribution in [0.1, 0.15) is 56.4 Å². The summed E-state index contributed by atoms with van der Waals surface area (Å²) in [6, 6.07) is 11.1. The number of carbonyl (C=O) groups excluding carboxylic acids is 1. The Morgan fingerprint density at radius 2 is 1.73 bits per heavy atom. The van der Waals surface area contributed by atoms with Gasteiger partial charge in [-0.2, -0.15) is 0 Å². The van der Waals surface area contributed by atoms with Crippen molar-refractivity contribution >= 4 is 5.78 Å². The summed E-state index contributed by atoms with van der Waals surface area (Å²) in [6.07, 6.45) is 10.4. The van der Waals surface area contributed by atoms with Crippen LogP contribution in [0.2, 0.25) is 0 Å². The summed E-state index contributed by atoms with van der Waals surface area (Å²) in [5.41, 5.74) is 2.48. The van der Waals surface area contributed by atoms with E-state index in [0.29, 0.717) is 18.4 Å². The van der Waals surface area contributed by atoms with Crippen molar-refractivity contribution in [1.82, 2.24) is 5.32 Å². The van der Waals surface area contributed by atoms with Crippen LogP contribution in [0.25, 0.3) is 0 Å². The Hall–Kier alpha value is -1.57. The van der Waals surface area contributed by atoms with Gasteiger partial charge in [-0.15, -0.1) is 0 Å². The summed E-state index contributed by atoms with van der Waals surface area (Å²) in [6.45, 7) is 0. The van der Waals surface area contributed by atoms with E-state index < -0.39 is 0 Å². The molecule has 116 valence electrons. The zero-order chi connectivity index (χ0) is 14.9. The van der Waals surface area contributed by atoms with Crippen LogP contribution in [0.3, 0.4) is 0 Å². The molecule has 22 heavy (non-hydrogen) atoms. The van der Waals surface area contributed by atoms with Crippen molar-refractivity contribution in [2.24, 2.45) is 11.8 Å². The lowest BCUT2D eigenvalue weighted by atomic mass is 9.68. The number of fused-ring (bicyclic) bond motifs is 3. The molecule has 0 spiro atoms. The van der Waals surface area contributed by atoms with Crippen molar-refractivity contribution < 1.29 is 4.79 Å². The van der Waals surface area contributed by atoms with E-state index in [0.717, 1.165) is 18.3 Å². The van der Waals surface area contributed by atoms with Crippen molar-refractivity contribution in [1.29, 1.82) is 0 Å². The van der Waals surface area contributed by atoms with Crippen LogP contribution >= 0.6 is 0 Å². The van der Waals surface area contributed by atoms with E-state index in [-0.39, 0.29) is 5.78 Å². The number of benzene rings is 1. The average Bonchev–Trinajstić information content (AvgIpc) is 2.56. The van der Waals surface area contributed by atoms with Crippen LogP contribution in [0.15, 0.2) is 42.1 Å². The van der Waals surface area contributed by atoms with E-state index in [9.17, 15) is 4.79 Å². The molecular weight excluding hydrogens is 270 g/mol. The van der Waals surface area contributed by atoms with Gasteiger partial charge in [-0.1, -0.05) is 43.2 Å². The zero-order valence-electron chi connectivity index (χ0n) is 13.1. The predicted molar refractivity (Wildman–Crippen MR) is 88.5 cm³/mol. The molecule has 0 aromatic heterocycles. The molecule has 2 heteroatoms. The first-order valence-electron chi connectivity index (χ1n) is 8.83. The number of allylic oxidation sites excluding steroid dienone is 2. The molecule has 1 N–H and O–H groups in total. The average molecular weight is 295 g/mol. The molecule has 0 amide bonds. The summed E-state index contributed by atoms with van der Waals surface area (Å²) in [5.74, 6) is 2.39. The molecule has 0 aliphatic heterocycles. The largest absolute Gasteiger partial charge is 0.385 e. The molecule has 5 rings (SSSR count). The second kappa shape index (κ2) is 5.91.